The molecule has 2 aromatic rings. The molecule has 1 heterocycles. The maximum atomic E-state index is 13.2. The lowest BCUT2D eigenvalue weighted by Gasteiger charge is -2.22. The minimum absolute atomic E-state index is 0.0458. The molecule has 0 saturated heterocycles. The van der Waals surface area contributed by atoms with E-state index in [1.807, 2.05) is 31.2 Å². The summed E-state index contributed by atoms with van der Waals surface area (Å²) in [6, 6.07) is 13.8. The number of para-hydroxylation sites is 3. The number of nitrogens with zero attached hydrogens (tertiary/aromatic N) is 3. The number of benzene rings is 2. The van der Waals surface area contributed by atoms with Crippen molar-refractivity contribution in [1.29, 1.82) is 0 Å². The highest BCUT2D eigenvalue weighted by atomic mass is 32.2. The molecule has 0 aromatic heterocycles. The Morgan fingerprint density at radius 1 is 1.06 bits per heavy atom. The van der Waals surface area contributed by atoms with E-state index in [1.54, 1.807) is 45.2 Å². The largest absolute Gasteiger partial charge is 0.492 e. The fourth-order valence-electron chi connectivity index (χ4n) is 3.42. The van der Waals surface area contributed by atoms with Crippen LogP contribution in [0.2, 0.25) is 0 Å². The van der Waals surface area contributed by atoms with Crippen LogP contribution in [0.4, 0.5) is 11.4 Å². The number of sulfonamides is 1. The fourth-order valence-corrected chi connectivity index (χ4v) is 5.04. The van der Waals surface area contributed by atoms with Crippen LogP contribution in [0.15, 0.2) is 70.3 Å². The second-order valence-electron chi connectivity index (χ2n) is 6.99. The van der Waals surface area contributed by atoms with Crippen LogP contribution in [0, 0.1) is 0 Å². The van der Waals surface area contributed by atoms with Crippen LogP contribution in [0.5, 0.6) is 5.75 Å². The van der Waals surface area contributed by atoms with E-state index in [2.05, 4.69) is 10.4 Å². The van der Waals surface area contributed by atoms with Crippen LogP contribution >= 0.6 is 0 Å². The van der Waals surface area contributed by atoms with E-state index in [0.717, 1.165) is 5.01 Å². The highest BCUT2D eigenvalue weighted by Gasteiger charge is 2.34. The Bertz CT molecular complexity index is 1150. The highest BCUT2D eigenvalue weighted by molar-refractivity contribution is 7.89. The van der Waals surface area contributed by atoms with E-state index >= 15 is 0 Å². The Labute approximate surface area is 189 Å². The van der Waals surface area contributed by atoms with Crippen molar-refractivity contribution in [1.82, 2.24) is 4.31 Å². The van der Waals surface area contributed by atoms with E-state index < -0.39 is 15.9 Å². The molecule has 1 amide bonds. The smallest absolute Gasteiger partial charge is 0.282 e. The third-order valence-electron chi connectivity index (χ3n) is 5.04. The standard InChI is InChI=1S/C23H28N4O4S/c1-5-26(6-2)32(29,30)22-15-11-9-13-20(22)27-23(28)18(17(4)25-27)16-24-19-12-8-10-14-21(19)31-7-3/h8-16,24H,5-7H2,1-4H3/b18-16-. The van der Waals surface area contributed by atoms with Crippen LogP contribution in [0.3, 0.4) is 0 Å². The third kappa shape index (κ3) is 4.53. The summed E-state index contributed by atoms with van der Waals surface area (Å²) in [5.41, 5.74) is 1.75. The van der Waals surface area contributed by atoms with E-state index in [9.17, 15) is 13.2 Å². The summed E-state index contributed by atoms with van der Waals surface area (Å²) in [5, 5.41) is 8.61. The highest BCUT2D eigenvalue weighted by Crippen LogP contribution is 2.32. The Kier molecular flexibility index (Phi) is 7.32. The number of hydrogen-bond acceptors (Lipinski definition) is 6. The van der Waals surface area contributed by atoms with Crippen molar-refractivity contribution >= 4 is 33.0 Å². The predicted molar refractivity (Wildman–Crippen MR) is 126 cm³/mol. The van der Waals surface area contributed by atoms with Gasteiger partial charge in [-0.2, -0.15) is 14.4 Å². The molecule has 3 rings (SSSR count). The Balaban J connectivity index is 1.94. The van der Waals surface area contributed by atoms with E-state index in [-0.39, 0.29) is 10.6 Å². The zero-order valence-electron chi connectivity index (χ0n) is 18.7. The summed E-state index contributed by atoms with van der Waals surface area (Å²) in [6.45, 7) is 8.34. The van der Waals surface area contributed by atoms with Gasteiger partial charge in [0.2, 0.25) is 10.0 Å². The van der Waals surface area contributed by atoms with Crippen molar-refractivity contribution in [3.63, 3.8) is 0 Å². The minimum Gasteiger partial charge on any atom is -0.492 e. The van der Waals surface area contributed by atoms with Crippen molar-refractivity contribution in [2.45, 2.75) is 32.6 Å². The molecule has 0 spiro atoms. The number of amides is 1. The number of carbonyl (C=O) groups is 1. The van der Waals surface area contributed by atoms with E-state index in [4.69, 9.17) is 4.74 Å². The molecule has 0 unspecified atom stereocenters. The van der Waals surface area contributed by atoms with Crippen molar-refractivity contribution in [2.75, 3.05) is 30.0 Å². The number of nitrogens with one attached hydrogen (secondary N) is 1. The molecule has 9 heteroatoms. The van der Waals surface area contributed by atoms with E-state index in [1.165, 1.54) is 10.4 Å². The van der Waals surface area contributed by atoms with Gasteiger partial charge in [0.05, 0.1) is 29.3 Å². The van der Waals surface area contributed by atoms with Crippen LogP contribution in [-0.4, -0.2) is 44.0 Å². The number of hydrazone groups is 1. The van der Waals surface area contributed by atoms with Crippen molar-refractivity contribution in [2.24, 2.45) is 5.10 Å². The van der Waals surface area contributed by atoms with Crippen molar-refractivity contribution < 1.29 is 17.9 Å². The monoisotopic (exact) mass is 456 g/mol. The predicted octanol–water partition coefficient (Wildman–Crippen LogP) is 3.83. The molecule has 1 aliphatic heterocycles. The third-order valence-corrected chi connectivity index (χ3v) is 7.14. The lowest BCUT2D eigenvalue weighted by molar-refractivity contribution is -0.114. The van der Waals surface area contributed by atoms with Crippen LogP contribution < -0.4 is 15.1 Å². The molecule has 1 N–H and O–H groups in total. The lowest BCUT2D eigenvalue weighted by Crippen LogP contribution is -2.32. The van der Waals surface area contributed by atoms with Gasteiger partial charge in [-0.05, 0) is 38.1 Å². The van der Waals surface area contributed by atoms with Gasteiger partial charge in [0.15, 0.2) is 0 Å². The maximum absolute atomic E-state index is 13.2. The lowest BCUT2D eigenvalue weighted by atomic mass is 10.2. The number of hydrogen-bond donors (Lipinski definition) is 1. The van der Waals surface area contributed by atoms with Crippen LogP contribution in [0.25, 0.3) is 0 Å². The molecule has 0 fully saturated rings. The number of carbonyl (C=O) groups excluding carboxylic acids is 1. The molecule has 8 nitrogen and oxygen atoms in total. The molecular weight excluding hydrogens is 428 g/mol. The summed E-state index contributed by atoms with van der Waals surface area (Å²) in [6.07, 6.45) is 1.57. The number of rotatable bonds is 9. The summed E-state index contributed by atoms with van der Waals surface area (Å²) < 4.78 is 33.3. The van der Waals surface area contributed by atoms with Crippen molar-refractivity contribution in [3.8, 4) is 5.75 Å². The SMILES string of the molecule is CCOc1ccccc1N/C=C1\C(=O)N(c2ccccc2S(=O)(=O)N(CC)CC)N=C1C. The molecule has 32 heavy (non-hydrogen) atoms. The molecule has 1 aliphatic rings. The van der Waals surface area contributed by atoms with Gasteiger partial charge < -0.3 is 10.1 Å². The first-order chi connectivity index (χ1) is 15.3. The van der Waals surface area contributed by atoms with Crippen molar-refractivity contribution in [3.05, 3.63) is 60.3 Å². The van der Waals surface area contributed by atoms with Gasteiger partial charge in [-0.3, -0.25) is 4.79 Å². The van der Waals surface area contributed by atoms with Crippen LogP contribution in [0.1, 0.15) is 27.7 Å². The van der Waals surface area contributed by atoms with Gasteiger partial charge in [-0.25, -0.2) is 8.42 Å². The topological polar surface area (TPSA) is 91.3 Å². The molecule has 0 bridgehead atoms. The normalized spacial score (nSPS) is 15.4. The maximum Gasteiger partial charge on any atom is 0.282 e. The zero-order chi connectivity index (χ0) is 23.3. The Morgan fingerprint density at radius 2 is 1.72 bits per heavy atom. The summed E-state index contributed by atoms with van der Waals surface area (Å²) >= 11 is 0. The molecule has 2 aromatic carbocycles. The summed E-state index contributed by atoms with van der Waals surface area (Å²) in [4.78, 5) is 13.2. The van der Waals surface area contributed by atoms with Gasteiger partial charge in [-0.1, -0.05) is 38.1 Å². The molecule has 0 atom stereocenters. The molecular formula is C23H28N4O4S. The first-order valence-corrected chi connectivity index (χ1v) is 12.0. The molecule has 0 saturated carbocycles. The second-order valence-corrected chi connectivity index (χ2v) is 8.90. The first-order valence-electron chi connectivity index (χ1n) is 10.5. The number of ether oxygens (including phenoxy) is 1. The van der Waals surface area contributed by atoms with Gasteiger partial charge in [0.1, 0.15) is 10.6 Å². The Morgan fingerprint density at radius 3 is 2.41 bits per heavy atom. The van der Waals surface area contributed by atoms with Gasteiger partial charge in [0.25, 0.3) is 5.91 Å². The van der Waals surface area contributed by atoms with Gasteiger partial charge >= 0.3 is 0 Å². The average Bonchev–Trinajstić information content (AvgIpc) is 3.07. The summed E-state index contributed by atoms with van der Waals surface area (Å²) in [7, 11) is -3.78. The average molecular weight is 457 g/mol. The van der Waals surface area contributed by atoms with Gasteiger partial charge in [0, 0.05) is 19.3 Å². The van der Waals surface area contributed by atoms with E-state index in [0.29, 0.717) is 42.4 Å². The first kappa shape index (κ1) is 23.5. The molecule has 0 aliphatic carbocycles. The zero-order valence-corrected chi connectivity index (χ0v) is 19.5. The summed E-state index contributed by atoms with van der Waals surface area (Å²) in [5.74, 6) is 0.255. The fraction of sp³-hybridized carbons (Fsp3) is 0.304. The second kappa shape index (κ2) is 9.97. The Hall–Kier alpha value is -3.17. The minimum atomic E-state index is -3.78. The van der Waals surface area contributed by atoms with Gasteiger partial charge in [-0.15, -0.1) is 0 Å². The quantitative estimate of drug-likeness (QED) is 0.579. The number of anilines is 2. The molecule has 0 radical (unpaired) electrons. The van der Waals surface area contributed by atoms with Crippen LogP contribution in [-0.2, 0) is 14.8 Å². The molecule has 170 valence electrons.